The Labute approximate surface area is 345 Å². The Balaban J connectivity index is 1.32. The van der Waals surface area contributed by atoms with E-state index in [1.807, 2.05) is 27.7 Å². The third-order valence-corrected chi connectivity index (χ3v) is 13.7. The van der Waals surface area contributed by atoms with Gasteiger partial charge in [0.25, 0.3) is 0 Å². The number of aryl methyl sites for hydroxylation is 3. The van der Waals surface area contributed by atoms with Gasteiger partial charge in [0, 0.05) is 60.4 Å². The van der Waals surface area contributed by atoms with E-state index >= 15 is 0 Å². The lowest BCUT2D eigenvalue weighted by atomic mass is 9.82. The highest BCUT2D eigenvalue weighted by Crippen LogP contribution is 2.44. The molecule has 0 radical (unpaired) electrons. The van der Waals surface area contributed by atoms with Gasteiger partial charge in [0.05, 0.1) is 25.4 Å². The number of phenolic OH excluding ortho intramolecular Hbond substituents is 1. The third-order valence-electron chi connectivity index (χ3n) is 11.1. The number of aliphatic hydroxyl groups is 1. The van der Waals surface area contributed by atoms with Gasteiger partial charge < -0.3 is 35.5 Å². The van der Waals surface area contributed by atoms with Crippen LogP contribution in [0.4, 0.5) is 0 Å². The van der Waals surface area contributed by atoms with Crippen LogP contribution in [-0.4, -0.2) is 79.1 Å². The fourth-order valence-corrected chi connectivity index (χ4v) is 10.6. The number of carbonyl (C=O) groups excluding carboxylic acids is 1. The Kier molecular flexibility index (Phi) is 15.8. The molecule has 2 bridgehead atoms. The van der Waals surface area contributed by atoms with Crippen molar-refractivity contribution in [3.63, 3.8) is 0 Å². The van der Waals surface area contributed by atoms with Crippen molar-refractivity contribution in [3.05, 3.63) is 81.9 Å². The van der Waals surface area contributed by atoms with Crippen molar-refractivity contribution in [1.29, 1.82) is 0 Å². The van der Waals surface area contributed by atoms with E-state index < -0.39 is 6.10 Å². The van der Waals surface area contributed by atoms with E-state index in [4.69, 9.17) is 24.9 Å². The number of nitrogens with one attached hydrogen (secondary N) is 2. The number of nitrogens with zero attached hydrogens (tertiary/aromatic N) is 1. The number of hydrogen-bond acceptors (Lipinski definition) is 12. The molecule has 306 valence electrons. The van der Waals surface area contributed by atoms with Crippen LogP contribution in [0.2, 0.25) is 0 Å². The van der Waals surface area contributed by atoms with Gasteiger partial charge in [-0.2, -0.15) is 0 Å². The van der Waals surface area contributed by atoms with Crippen LogP contribution in [0.15, 0.2) is 53.5 Å². The number of Topliss-reactive ketones (excluding diaryl/α,β-unsaturated/α-hetero) is 1. The molecule has 3 aromatic rings. The summed E-state index contributed by atoms with van der Waals surface area (Å²) in [4.78, 5) is 17.9. The summed E-state index contributed by atoms with van der Waals surface area (Å²) in [6, 6.07) is 16.3. The molecule has 3 aromatic carbocycles. The van der Waals surface area contributed by atoms with Gasteiger partial charge in [0.2, 0.25) is 0 Å². The maximum Gasteiger partial charge on any atom is 0.188 e. The van der Waals surface area contributed by atoms with Gasteiger partial charge in [-0.05, 0) is 79.7 Å². The van der Waals surface area contributed by atoms with Crippen molar-refractivity contribution in [1.82, 2.24) is 10.6 Å². The Morgan fingerprint density at radius 3 is 2.67 bits per heavy atom. The average molecular weight is 815 g/mol. The van der Waals surface area contributed by atoms with Crippen molar-refractivity contribution in [3.8, 4) is 34.8 Å². The number of aromatic hydroxyl groups is 1. The quantitative estimate of drug-likeness (QED) is 0.0686. The molecule has 10 nitrogen and oxygen atoms in total. The molecule has 0 saturated heterocycles. The molecule has 1 aliphatic carbocycles. The van der Waals surface area contributed by atoms with E-state index in [1.165, 1.54) is 12.7 Å². The van der Waals surface area contributed by atoms with Crippen molar-refractivity contribution in [2.75, 3.05) is 45.0 Å². The zero-order valence-corrected chi connectivity index (χ0v) is 35.1. The molecular weight excluding hydrogens is 757 g/mol. The summed E-state index contributed by atoms with van der Waals surface area (Å²) in [5.74, 6) is 11.5. The summed E-state index contributed by atoms with van der Waals surface area (Å²) in [5.41, 5.74) is 12.1. The van der Waals surface area contributed by atoms with E-state index in [9.17, 15) is 15.0 Å². The van der Waals surface area contributed by atoms with Gasteiger partial charge in [0.1, 0.15) is 12.5 Å². The van der Waals surface area contributed by atoms with Gasteiger partial charge in [-0.1, -0.05) is 89.7 Å². The molecule has 0 amide bonds. The van der Waals surface area contributed by atoms with Crippen LogP contribution >= 0.6 is 21.6 Å². The van der Waals surface area contributed by atoms with Crippen molar-refractivity contribution >= 4 is 33.3 Å². The minimum atomic E-state index is -0.783. The van der Waals surface area contributed by atoms with Gasteiger partial charge >= 0.3 is 0 Å². The summed E-state index contributed by atoms with van der Waals surface area (Å²) >= 11 is 0. The third kappa shape index (κ3) is 11.8. The van der Waals surface area contributed by atoms with Crippen LogP contribution in [0.1, 0.15) is 72.9 Å². The maximum atomic E-state index is 13.1. The van der Waals surface area contributed by atoms with E-state index in [0.29, 0.717) is 68.8 Å². The number of guanidine groups is 1. The van der Waals surface area contributed by atoms with Gasteiger partial charge in [-0.3, -0.25) is 15.1 Å². The number of phenols is 1. The van der Waals surface area contributed by atoms with Crippen LogP contribution in [0.5, 0.6) is 23.0 Å². The number of carbonyl (C=O) groups is 1. The van der Waals surface area contributed by atoms with Crippen molar-refractivity contribution in [2.45, 2.75) is 83.8 Å². The number of aliphatic imine (C=N–C) groups is 1. The minimum absolute atomic E-state index is 0.0107. The summed E-state index contributed by atoms with van der Waals surface area (Å²) in [5, 5.41) is 28.7. The van der Waals surface area contributed by atoms with Crippen LogP contribution in [0.3, 0.4) is 0 Å². The number of rotatable bonds is 10. The predicted molar refractivity (Wildman–Crippen MR) is 232 cm³/mol. The number of aliphatic hydroxyl groups excluding tert-OH is 1. The highest BCUT2D eigenvalue weighted by molar-refractivity contribution is 8.76. The molecule has 3 aliphatic rings. The number of hydrogen-bond donors (Lipinski definition) is 5. The normalized spacial score (nSPS) is 21.8. The van der Waals surface area contributed by atoms with Gasteiger partial charge in [-0.15, -0.1) is 0 Å². The lowest BCUT2D eigenvalue weighted by molar-refractivity contribution is -0.121. The number of nitrogens with two attached hydrogens (primary N) is 1. The second kappa shape index (κ2) is 21.1. The first-order valence-electron chi connectivity index (χ1n) is 20.3. The van der Waals surface area contributed by atoms with E-state index in [-0.39, 0.29) is 48.0 Å². The molecule has 2 heterocycles. The lowest BCUT2D eigenvalue weighted by Gasteiger charge is -2.34. The second-order valence-corrected chi connectivity index (χ2v) is 18.2. The highest BCUT2D eigenvalue weighted by Gasteiger charge is 2.33. The predicted octanol–water partition coefficient (Wildman–Crippen LogP) is 6.24. The van der Waals surface area contributed by atoms with Crippen molar-refractivity contribution < 1.29 is 29.2 Å². The number of ether oxygens (including phenoxy) is 3. The molecule has 6 rings (SSSR count). The highest BCUT2D eigenvalue weighted by atomic mass is 33.1. The molecule has 2 aliphatic heterocycles. The number of benzene rings is 3. The first-order chi connectivity index (χ1) is 27.7. The molecule has 12 heteroatoms. The Morgan fingerprint density at radius 2 is 1.86 bits per heavy atom. The Bertz CT molecular complexity index is 1910. The standard InChI is InChI=1S/C45H58N4O6S2/c1-29(2)40-27-57-56-26-35(24-48-45(46)49-40)34-22-39-32-15-18-37(51)23-36(50)17-14-31-16-19-41(52)43(53-3)38(31)13-7-12-33(21-32)42(44(39)54-25-34)55-28-47-20-8-11-30-9-5-4-6-10-30/h4-6,9-10,16,19,21,29,34-35,37,40,47,51-52H,8,11-12,14-15,17-18,20,22-28H2,1-3H3,(H3,46,48,49)/t34-,35+,37-,40-/m1/s1. The molecule has 0 aromatic heterocycles. The molecule has 0 unspecified atom stereocenters. The fraction of sp³-hybridized carbons (Fsp3) is 0.511. The van der Waals surface area contributed by atoms with Crippen LogP contribution in [0.25, 0.3) is 0 Å². The zero-order chi connectivity index (χ0) is 40.1. The molecule has 0 saturated carbocycles. The molecule has 4 atom stereocenters. The van der Waals surface area contributed by atoms with Crippen LogP contribution in [-0.2, 0) is 36.9 Å². The van der Waals surface area contributed by atoms with Gasteiger partial charge in [-0.25, -0.2) is 0 Å². The molecule has 6 N–H and O–H groups in total. The number of methoxy groups -OCH3 is 1. The number of fused-ring (bicyclic) bond motifs is 5. The minimum Gasteiger partial charge on any atom is -0.504 e. The zero-order valence-electron chi connectivity index (χ0n) is 33.5. The molecule has 0 fully saturated rings. The number of ketones is 1. The second-order valence-electron chi connectivity index (χ2n) is 15.6. The molecule has 0 spiro atoms. The summed E-state index contributed by atoms with van der Waals surface area (Å²) in [7, 11) is 5.28. The molecular formula is C45H58N4O6S2. The van der Waals surface area contributed by atoms with Crippen molar-refractivity contribution in [2.24, 2.45) is 28.5 Å². The first-order valence-corrected chi connectivity index (χ1v) is 22.7. The SMILES string of the molecule is COc1c(O)ccc2c1C#CCc1cc(c3c(c1OCNCCCc1ccccc1)OC[C@H]([C@H]1CN=C(N)N[C@@H](C(C)C)CSSC1)C3)CC[C@@H](O)CC(=O)CC2. The summed E-state index contributed by atoms with van der Waals surface area (Å²) < 4.78 is 19.0. The lowest BCUT2D eigenvalue weighted by Crippen LogP contribution is -2.45. The van der Waals surface area contributed by atoms with E-state index in [2.05, 4.69) is 66.7 Å². The van der Waals surface area contributed by atoms with E-state index in [0.717, 1.165) is 65.3 Å². The largest absolute Gasteiger partial charge is 0.504 e. The van der Waals surface area contributed by atoms with Gasteiger partial charge in [0.15, 0.2) is 29.0 Å². The summed E-state index contributed by atoms with van der Waals surface area (Å²) in [6.45, 7) is 6.60. The fourth-order valence-electron chi connectivity index (χ4n) is 7.65. The summed E-state index contributed by atoms with van der Waals surface area (Å²) in [6.07, 6.45) is 4.06. The Hall–Kier alpha value is -4.02. The maximum absolute atomic E-state index is 13.1. The smallest absolute Gasteiger partial charge is 0.188 e. The topological polar surface area (TPSA) is 148 Å². The first kappa shape index (κ1) is 42.6. The van der Waals surface area contributed by atoms with E-state index in [1.54, 1.807) is 12.1 Å². The monoisotopic (exact) mass is 814 g/mol. The average Bonchev–Trinajstić information content (AvgIpc) is 3.21. The Morgan fingerprint density at radius 1 is 1.04 bits per heavy atom. The van der Waals surface area contributed by atoms with Crippen LogP contribution in [0, 0.1) is 29.6 Å². The molecule has 57 heavy (non-hydrogen) atoms. The van der Waals surface area contributed by atoms with Crippen LogP contribution < -0.4 is 30.6 Å².